The Morgan fingerprint density at radius 3 is 2.76 bits per heavy atom. The van der Waals surface area contributed by atoms with Crippen molar-refractivity contribution in [2.45, 2.75) is 51.4 Å². The minimum atomic E-state index is -0.688. The maximum Gasteiger partial charge on any atom is 0.167 e. The minimum absolute atomic E-state index is 0.0415. The van der Waals surface area contributed by atoms with Crippen LogP contribution in [-0.4, -0.2) is 52.4 Å². The number of allylic oxidation sites excluding steroid dienone is 3. The Bertz CT molecular complexity index is 1270. The summed E-state index contributed by atoms with van der Waals surface area (Å²) in [6.07, 6.45) is 13.4. The molecule has 9 heteroatoms. The number of hydrogen-bond acceptors (Lipinski definition) is 6. The second-order valence-corrected chi connectivity index (χ2v) is 9.47. The van der Waals surface area contributed by atoms with E-state index in [-0.39, 0.29) is 18.1 Å². The molecule has 5 rings (SSSR count). The van der Waals surface area contributed by atoms with E-state index in [0.29, 0.717) is 31.6 Å². The van der Waals surface area contributed by atoms with Gasteiger partial charge in [0.25, 0.3) is 0 Å². The first-order valence-electron chi connectivity index (χ1n) is 12.7. The quantitative estimate of drug-likeness (QED) is 0.504. The lowest BCUT2D eigenvalue weighted by Gasteiger charge is -2.34. The molecule has 1 atom stereocenters. The Balaban J connectivity index is 1.37. The highest BCUT2D eigenvalue weighted by atomic mass is 19.1. The van der Waals surface area contributed by atoms with E-state index >= 15 is 0 Å². The molecule has 0 amide bonds. The smallest absolute Gasteiger partial charge is 0.167 e. The molecule has 37 heavy (non-hydrogen) atoms. The predicted octanol–water partition coefficient (Wildman–Crippen LogP) is 5.69. The second kappa shape index (κ2) is 11.2. The monoisotopic (exact) mass is 507 g/mol. The van der Waals surface area contributed by atoms with Crippen LogP contribution in [-0.2, 0) is 4.74 Å². The van der Waals surface area contributed by atoms with E-state index in [1.807, 2.05) is 30.1 Å². The zero-order chi connectivity index (χ0) is 25.8. The maximum atomic E-state index is 14.1. The van der Waals surface area contributed by atoms with Gasteiger partial charge in [-0.1, -0.05) is 6.58 Å². The van der Waals surface area contributed by atoms with Crippen LogP contribution in [0.25, 0.3) is 5.57 Å². The summed E-state index contributed by atoms with van der Waals surface area (Å²) < 4.78 is 41.0. The average molecular weight is 508 g/mol. The van der Waals surface area contributed by atoms with Gasteiger partial charge in [0.05, 0.1) is 18.1 Å². The van der Waals surface area contributed by atoms with Crippen molar-refractivity contribution in [1.82, 2.24) is 14.7 Å². The Morgan fingerprint density at radius 2 is 2.03 bits per heavy atom. The molecule has 3 aliphatic heterocycles. The van der Waals surface area contributed by atoms with Gasteiger partial charge >= 0.3 is 0 Å². The molecule has 1 unspecified atom stereocenters. The Morgan fingerprint density at radius 1 is 1.19 bits per heavy atom. The van der Waals surface area contributed by atoms with E-state index in [1.54, 1.807) is 12.4 Å². The lowest BCUT2D eigenvalue weighted by atomic mass is 10.1. The van der Waals surface area contributed by atoms with Crippen molar-refractivity contribution in [1.29, 1.82) is 0 Å². The molecule has 0 radical (unpaired) electrons. The number of aliphatic imine (C=N–C) groups is 2. The average Bonchev–Trinajstić information content (AvgIpc) is 3.41. The predicted molar refractivity (Wildman–Crippen MR) is 139 cm³/mol. The van der Waals surface area contributed by atoms with Crippen LogP contribution < -0.4 is 4.74 Å². The summed E-state index contributed by atoms with van der Waals surface area (Å²) in [4.78, 5) is 11.4. The van der Waals surface area contributed by atoms with Crippen molar-refractivity contribution in [3.63, 3.8) is 0 Å². The molecule has 0 aliphatic carbocycles. The third-order valence-corrected chi connectivity index (χ3v) is 6.86. The SMILES string of the molecule is C=C1C=CN=C/C1=N/C(=C(\C)c1cnn(C2CCCCO2)c1)N1CCC(Oc2ccc(F)cc2F)CC1. The minimum Gasteiger partial charge on any atom is -0.487 e. The third kappa shape index (κ3) is 5.88. The van der Waals surface area contributed by atoms with E-state index in [4.69, 9.17) is 14.5 Å². The van der Waals surface area contributed by atoms with E-state index in [1.165, 1.54) is 12.1 Å². The van der Waals surface area contributed by atoms with Gasteiger partial charge in [0.15, 0.2) is 11.6 Å². The largest absolute Gasteiger partial charge is 0.487 e. The van der Waals surface area contributed by atoms with Gasteiger partial charge in [-0.05, 0) is 50.0 Å². The van der Waals surface area contributed by atoms with Crippen molar-refractivity contribution < 1.29 is 18.3 Å². The summed E-state index contributed by atoms with van der Waals surface area (Å²) in [7, 11) is 0. The van der Waals surface area contributed by atoms with Crippen molar-refractivity contribution in [3.05, 3.63) is 78.0 Å². The van der Waals surface area contributed by atoms with Crippen LogP contribution in [0.15, 0.2) is 70.8 Å². The molecule has 2 saturated heterocycles. The second-order valence-electron chi connectivity index (χ2n) is 9.47. The molecule has 4 heterocycles. The van der Waals surface area contributed by atoms with Gasteiger partial charge in [-0.25, -0.2) is 18.5 Å². The van der Waals surface area contributed by atoms with Crippen molar-refractivity contribution in [2.24, 2.45) is 9.98 Å². The molecular formula is C28H31F2N5O2. The van der Waals surface area contributed by atoms with Crippen molar-refractivity contribution in [2.75, 3.05) is 19.7 Å². The van der Waals surface area contributed by atoms with Crippen molar-refractivity contribution >= 4 is 17.5 Å². The highest BCUT2D eigenvalue weighted by molar-refractivity contribution is 6.39. The molecule has 1 aromatic carbocycles. The third-order valence-electron chi connectivity index (χ3n) is 6.86. The zero-order valence-corrected chi connectivity index (χ0v) is 20.9. The summed E-state index contributed by atoms with van der Waals surface area (Å²) in [5.41, 5.74) is 3.44. The number of aromatic nitrogens is 2. The fourth-order valence-corrected chi connectivity index (χ4v) is 4.71. The van der Waals surface area contributed by atoms with Crippen LogP contribution in [0.5, 0.6) is 5.75 Å². The number of ether oxygens (including phenoxy) is 2. The van der Waals surface area contributed by atoms with Crippen LogP contribution in [0.4, 0.5) is 8.78 Å². The molecule has 1 aromatic heterocycles. The molecular weight excluding hydrogens is 476 g/mol. The van der Waals surface area contributed by atoms with Crippen LogP contribution in [0.1, 0.15) is 50.8 Å². The normalized spacial score (nSPS) is 22.5. The van der Waals surface area contributed by atoms with Crippen LogP contribution >= 0.6 is 0 Å². The zero-order valence-electron chi connectivity index (χ0n) is 20.9. The van der Waals surface area contributed by atoms with E-state index in [0.717, 1.165) is 54.5 Å². The molecule has 3 aliphatic rings. The van der Waals surface area contributed by atoms with Crippen LogP contribution in [0, 0.1) is 11.6 Å². The fraction of sp³-hybridized carbons (Fsp3) is 0.393. The van der Waals surface area contributed by atoms with Gasteiger partial charge in [0, 0.05) is 62.1 Å². The molecule has 2 fully saturated rings. The fourth-order valence-electron chi connectivity index (χ4n) is 4.71. The van der Waals surface area contributed by atoms with E-state index in [9.17, 15) is 8.78 Å². The van der Waals surface area contributed by atoms with Gasteiger partial charge < -0.3 is 14.4 Å². The van der Waals surface area contributed by atoms with Crippen LogP contribution in [0.3, 0.4) is 0 Å². The van der Waals surface area contributed by atoms with Gasteiger partial charge in [-0.3, -0.25) is 4.99 Å². The number of piperidine rings is 1. The first-order valence-corrected chi connectivity index (χ1v) is 12.7. The summed E-state index contributed by atoms with van der Waals surface area (Å²) in [6.45, 7) is 8.22. The number of nitrogens with zero attached hydrogens (tertiary/aromatic N) is 5. The Hall–Kier alpha value is -3.59. The van der Waals surface area contributed by atoms with Gasteiger partial charge in [-0.15, -0.1) is 0 Å². The summed E-state index contributed by atoms with van der Waals surface area (Å²) in [5.74, 6) is -0.420. The summed E-state index contributed by atoms with van der Waals surface area (Å²) in [6, 6.07) is 3.39. The van der Waals surface area contributed by atoms with E-state index < -0.39 is 11.6 Å². The number of rotatable bonds is 6. The number of likely N-dealkylation sites (tertiary alicyclic amines) is 1. The number of benzene rings is 1. The first kappa shape index (κ1) is 25.1. The van der Waals surface area contributed by atoms with Crippen molar-refractivity contribution in [3.8, 4) is 5.75 Å². The highest BCUT2D eigenvalue weighted by Crippen LogP contribution is 2.30. The number of halogens is 2. The summed E-state index contributed by atoms with van der Waals surface area (Å²) >= 11 is 0. The molecule has 7 nitrogen and oxygen atoms in total. The lowest BCUT2D eigenvalue weighted by Crippen LogP contribution is -2.38. The van der Waals surface area contributed by atoms with Gasteiger partial charge in [0.1, 0.15) is 24.0 Å². The highest BCUT2D eigenvalue weighted by Gasteiger charge is 2.26. The molecule has 194 valence electrons. The summed E-state index contributed by atoms with van der Waals surface area (Å²) in [5, 5.41) is 4.58. The lowest BCUT2D eigenvalue weighted by molar-refractivity contribution is -0.0395. The molecule has 0 bridgehead atoms. The van der Waals surface area contributed by atoms with Gasteiger partial charge in [0.2, 0.25) is 0 Å². The molecule has 0 N–H and O–H groups in total. The standard InChI is InChI=1S/C28H31F2N5O2/c1-19-8-11-31-17-25(19)33-28(20(2)21-16-32-35(18-21)27-5-3-4-14-36-27)34-12-9-23(10-13-34)37-26-7-6-22(29)15-24(26)30/h6-8,11,15-18,23,27H,1,3-5,9-10,12-14H2,2H3/b28-20-,33-25-. The van der Waals surface area contributed by atoms with E-state index in [2.05, 4.69) is 21.6 Å². The van der Waals surface area contributed by atoms with Crippen LogP contribution in [0.2, 0.25) is 0 Å². The van der Waals surface area contributed by atoms with Gasteiger partial charge in [-0.2, -0.15) is 5.10 Å². The number of hydrogen-bond donors (Lipinski definition) is 0. The Labute approximate surface area is 215 Å². The maximum absolute atomic E-state index is 14.1. The Kier molecular flexibility index (Phi) is 7.60. The topological polar surface area (TPSA) is 64.2 Å². The molecule has 0 saturated carbocycles. The molecule has 0 spiro atoms. The molecule has 2 aromatic rings. The first-order chi connectivity index (χ1) is 18.0.